The van der Waals surface area contributed by atoms with Gasteiger partial charge in [-0.05, 0) is 30.4 Å². The topological polar surface area (TPSA) is 32.8 Å². The third-order valence-corrected chi connectivity index (χ3v) is 4.86. The number of hydrogen-bond acceptors (Lipinski definition) is 4. The lowest BCUT2D eigenvalue weighted by molar-refractivity contribution is -0.139. The molecule has 0 bridgehead atoms. The molecule has 0 aromatic carbocycles. The maximum Gasteiger partial charge on any atom is 0.236 e. The van der Waals surface area contributed by atoms with Crippen LogP contribution in [0.5, 0.6) is 0 Å². The van der Waals surface area contributed by atoms with Crippen molar-refractivity contribution in [1.29, 1.82) is 0 Å². The largest absolute Gasteiger partial charge is 0.375 e. The molecule has 1 atom stereocenters. The van der Waals surface area contributed by atoms with Crippen LogP contribution in [0, 0.1) is 0 Å². The van der Waals surface area contributed by atoms with E-state index in [2.05, 4.69) is 16.3 Å². The molecule has 104 valence electrons. The average molecular weight is 280 g/mol. The molecule has 1 aromatic heterocycles. The minimum Gasteiger partial charge on any atom is -0.375 e. The lowest BCUT2D eigenvalue weighted by Crippen LogP contribution is -2.48. The van der Waals surface area contributed by atoms with Crippen LogP contribution < -0.4 is 0 Å². The summed E-state index contributed by atoms with van der Waals surface area (Å²) in [4.78, 5) is 18.0. The van der Waals surface area contributed by atoms with Crippen molar-refractivity contribution >= 4 is 17.2 Å². The number of ether oxygens (including phenoxy) is 1. The zero-order chi connectivity index (χ0) is 13.2. The van der Waals surface area contributed by atoms with Gasteiger partial charge >= 0.3 is 0 Å². The lowest BCUT2D eigenvalue weighted by atomic mass is 10.1. The predicted molar refractivity (Wildman–Crippen MR) is 75.3 cm³/mol. The Morgan fingerprint density at radius 2 is 2.42 bits per heavy atom. The molecular formula is C14H20N2O2S. The minimum atomic E-state index is 0.169. The predicted octanol–water partition coefficient (Wildman–Crippen LogP) is 1.35. The molecule has 2 aliphatic heterocycles. The Labute approximate surface area is 118 Å². The quantitative estimate of drug-likeness (QED) is 0.820. The molecule has 0 spiro atoms. The highest BCUT2D eigenvalue weighted by atomic mass is 32.1. The van der Waals surface area contributed by atoms with Gasteiger partial charge in [0.15, 0.2) is 0 Å². The minimum absolute atomic E-state index is 0.169. The van der Waals surface area contributed by atoms with Crippen LogP contribution in [-0.2, 0) is 22.5 Å². The smallest absolute Gasteiger partial charge is 0.236 e. The van der Waals surface area contributed by atoms with E-state index in [9.17, 15) is 4.79 Å². The Hall–Kier alpha value is -0.910. The number of amides is 1. The molecular weight excluding hydrogens is 260 g/mol. The fourth-order valence-corrected chi connectivity index (χ4v) is 3.67. The van der Waals surface area contributed by atoms with E-state index in [0.717, 1.165) is 32.6 Å². The molecule has 19 heavy (non-hydrogen) atoms. The molecule has 3 rings (SSSR count). The molecule has 0 saturated carbocycles. The van der Waals surface area contributed by atoms with E-state index < -0.39 is 0 Å². The van der Waals surface area contributed by atoms with Gasteiger partial charge in [-0.2, -0.15) is 0 Å². The van der Waals surface area contributed by atoms with E-state index in [4.69, 9.17) is 4.74 Å². The normalized spacial score (nSPS) is 24.3. The SMILES string of the molecule is C[C@@H]1CN(C(=O)CN2CCc3sccc3C2)CCO1. The van der Waals surface area contributed by atoms with Crippen molar-refractivity contribution < 1.29 is 9.53 Å². The highest BCUT2D eigenvalue weighted by molar-refractivity contribution is 7.10. The van der Waals surface area contributed by atoms with Crippen LogP contribution in [0.2, 0.25) is 0 Å². The molecule has 3 heterocycles. The van der Waals surface area contributed by atoms with Crippen molar-refractivity contribution in [1.82, 2.24) is 9.80 Å². The zero-order valence-electron chi connectivity index (χ0n) is 11.3. The van der Waals surface area contributed by atoms with Crippen LogP contribution in [0.3, 0.4) is 0 Å². The van der Waals surface area contributed by atoms with E-state index >= 15 is 0 Å². The monoisotopic (exact) mass is 280 g/mol. The van der Waals surface area contributed by atoms with E-state index in [1.54, 1.807) is 0 Å². The molecule has 2 aliphatic rings. The second-order valence-electron chi connectivity index (χ2n) is 5.35. The zero-order valence-corrected chi connectivity index (χ0v) is 12.1. The summed E-state index contributed by atoms with van der Waals surface area (Å²) in [6.07, 6.45) is 1.25. The molecule has 1 fully saturated rings. The van der Waals surface area contributed by atoms with Gasteiger partial charge in [0.2, 0.25) is 5.91 Å². The molecule has 0 radical (unpaired) electrons. The number of fused-ring (bicyclic) bond motifs is 1. The van der Waals surface area contributed by atoms with Crippen LogP contribution in [0.4, 0.5) is 0 Å². The van der Waals surface area contributed by atoms with Crippen molar-refractivity contribution in [3.05, 3.63) is 21.9 Å². The fourth-order valence-electron chi connectivity index (χ4n) is 2.78. The molecule has 5 heteroatoms. The van der Waals surface area contributed by atoms with Crippen LogP contribution in [0.1, 0.15) is 17.4 Å². The van der Waals surface area contributed by atoms with Crippen molar-refractivity contribution in [2.75, 3.05) is 32.8 Å². The van der Waals surface area contributed by atoms with Crippen LogP contribution in [0.25, 0.3) is 0 Å². The van der Waals surface area contributed by atoms with Gasteiger partial charge in [-0.15, -0.1) is 11.3 Å². The van der Waals surface area contributed by atoms with E-state index in [0.29, 0.717) is 13.2 Å². The van der Waals surface area contributed by atoms with E-state index in [1.165, 1.54) is 10.4 Å². The Kier molecular flexibility index (Phi) is 3.86. The van der Waals surface area contributed by atoms with Crippen LogP contribution in [-0.4, -0.2) is 54.6 Å². The Morgan fingerprint density at radius 1 is 1.53 bits per heavy atom. The highest BCUT2D eigenvalue weighted by Crippen LogP contribution is 2.23. The second kappa shape index (κ2) is 5.61. The Balaban J connectivity index is 1.56. The molecule has 1 saturated heterocycles. The summed E-state index contributed by atoms with van der Waals surface area (Å²) in [6, 6.07) is 2.19. The first-order valence-corrected chi connectivity index (χ1v) is 7.77. The fraction of sp³-hybridized carbons (Fsp3) is 0.643. The molecule has 0 N–H and O–H groups in total. The number of nitrogens with zero attached hydrogens (tertiary/aromatic N) is 2. The first kappa shape index (κ1) is 13.1. The number of morpholine rings is 1. The summed E-state index contributed by atoms with van der Waals surface area (Å²) in [5.74, 6) is 0.244. The number of rotatable bonds is 2. The van der Waals surface area contributed by atoms with Crippen molar-refractivity contribution in [3.63, 3.8) is 0 Å². The van der Waals surface area contributed by atoms with E-state index in [-0.39, 0.29) is 12.0 Å². The van der Waals surface area contributed by atoms with Crippen molar-refractivity contribution in [2.24, 2.45) is 0 Å². The Bertz CT molecular complexity index is 460. The third kappa shape index (κ3) is 2.99. The van der Waals surface area contributed by atoms with Crippen molar-refractivity contribution in [3.8, 4) is 0 Å². The van der Waals surface area contributed by atoms with Gasteiger partial charge in [0.05, 0.1) is 19.3 Å². The summed E-state index contributed by atoms with van der Waals surface area (Å²) in [5, 5.41) is 2.15. The third-order valence-electron chi connectivity index (χ3n) is 3.84. The van der Waals surface area contributed by atoms with Crippen molar-refractivity contribution in [2.45, 2.75) is 26.0 Å². The van der Waals surface area contributed by atoms with Crippen LogP contribution in [0.15, 0.2) is 11.4 Å². The van der Waals surface area contributed by atoms with Gasteiger partial charge < -0.3 is 9.64 Å². The second-order valence-corrected chi connectivity index (χ2v) is 6.35. The molecule has 1 aromatic rings. The Morgan fingerprint density at radius 3 is 3.26 bits per heavy atom. The maximum atomic E-state index is 12.3. The standard InChI is InChI=1S/C14H20N2O2S/c1-11-8-16(5-6-18-11)14(17)10-15-4-2-13-12(9-15)3-7-19-13/h3,7,11H,2,4-6,8-10H2,1H3/t11-/m1/s1. The van der Waals surface area contributed by atoms with Gasteiger partial charge in [0.1, 0.15) is 0 Å². The average Bonchev–Trinajstić information content (AvgIpc) is 2.86. The summed E-state index contributed by atoms with van der Waals surface area (Å²) in [5.41, 5.74) is 1.40. The van der Waals surface area contributed by atoms with Gasteiger partial charge in [0.25, 0.3) is 0 Å². The lowest BCUT2D eigenvalue weighted by Gasteiger charge is -2.34. The summed E-state index contributed by atoms with van der Waals surface area (Å²) >= 11 is 1.84. The molecule has 0 unspecified atom stereocenters. The highest BCUT2D eigenvalue weighted by Gasteiger charge is 2.25. The molecule has 1 amide bonds. The summed E-state index contributed by atoms with van der Waals surface area (Å²) < 4.78 is 5.48. The summed E-state index contributed by atoms with van der Waals surface area (Å²) in [7, 11) is 0. The summed E-state index contributed by atoms with van der Waals surface area (Å²) in [6.45, 7) is 6.63. The number of carbonyl (C=O) groups is 1. The van der Waals surface area contributed by atoms with Gasteiger partial charge in [-0.1, -0.05) is 0 Å². The molecule has 0 aliphatic carbocycles. The number of hydrogen-bond donors (Lipinski definition) is 0. The van der Waals surface area contributed by atoms with Gasteiger partial charge in [0, 0.05) is 31.1 Å². The first-order chi connectivity index (χ1) is 9.22. The van der Waals surface area contributed by atoms with Gasteiger partial charge in [-0.3, -0.25) is 9.69 Å². The number of carbonyl (C=O) groups excluding carboxylic acids is 1. The maximum absolute atomic E-state index is 12.3. The molecule has 4 nitrogen and oxygen atoms in total. The first-order valence-electron chi connectivity index (χ1n) is 6.89. The van der Waals surface area contributed by atoms with Crippen LogP contribution >= 0.6 is 11.3 Å². The van der Waals surface area contributed by atoms with E-state index in [1.807, 2.05) is 23.2 Å². The van der Waals surface area contributed by atoms with Gasteiger partial charge in [-0.25, -0.2) is 0 Å². The number of thiophene rings is 1.